The molecule has 1 saturated heterocycles. The maximum atomic E-state index is 9.93. The molecule has 0 spiro atoms. The highest BCUT2D eigenvalue weighted by Crippen LogP contribution is 2.39. The number of nitrogen functional groups attached to an aromatic ring is 1. The summed E-state index contributed by atoms with van der Waals surface area (Å²) in [6, 6.07) is 1.78. The van der Waals surface area contributed by atoms with Gasteiger partial charge in [-0.3, -0.25) is 0 Å². The third-order valence-corrected chi connectivity index (χ3v) is 7.63. The lowest BCUT2D eigenvalue weighted by Crippen LogP contribution is -2.47. The van der Waals surface area contributed by atoms with Crippen LogP contribution in [0.5, 0.6) is 0 Å². The third kappa shape index (κ3) is 4.72. The van der Waals surface area contributed by atoms with Gasteiger partial charge in [0.1, 0.15) is 16.5 Å². The third-order valence-electron chi connectivity index (χ3n) is 5.64. The average molecular weight is 457 g/mol. The van der Waals surface area contributed by atoms with Crippen LogP contribution in [-0.2, 0) is 6.61 Å². The topological polar surface area (TPSA) is 114 Å². The van der Waals surface area contributed by atoms with Crippen LogP contribution in [0.15, 0.2) is 16.0 Å². The fraction of sp³-hybridized carbons (Fsp3) is 0.526. The summed E-state index contributed by atoms with van der Waals surface area (Å²) in [4.78, 5) is 16.2. The summed E-state index contributed by atoms with van der Waals surface area (Å²) in [6.45, 7) is 7.63. The first kappa shape index (κ1) is 22.4. The molecule has 1 unspecified atom stereocenters. The van der Waals surface area contributed by atoms with Gasteiger partial charge < -0.3 is 21.5 Å². The molecule has 2 aromatic rings. The molecule has 10 heteroatoms. The van der Waals surface area contributed by atoms with Crippen LogP contribution < -0.4 is 16.4 Å². The lowest BCUT2D eigenvalue weighted by molar-refractivity contribution is 0.204. The van der Waals surface area contributed by atoms with Gasteiger partial charge in [0.05, 0.1) is 17.3 Å². The Morgan fingerprint density at radius 1 is 1.28 bits per heavy atom. The maximum absolute atomic E-state index is 9.93. The number of nitrogens with two attached hydrogens (primary N) is 2. The van der Waals surface area contributed by atoms with E-state index >= 15 is 0 Å². The van der Waals surface area contributed by atoms with Crippen LogP contribution in [0, 0.1) is 12.3 Å². The molecule has 1 aliphatic heterocycles. The molecule has 0 aromatic carbocycles. The molecule has 0 radical (unpaired) electrons. The van der Waals surface area contributed by atoms with Gasteiger partial charge in [0.2, 0.25) is 0 Å². The van der Waals surface area contributed by atoms with Gasteiger partial charge in [-0.05, 0) is 38.2 Å². The summed E-state index contributed by atoms with van der Waals surface area (Å²) in [5, 5.41) is 11.0. The van der Waals surface area contributed by atoms with Crippen LogP contribution in [0.2, 0.25) is 10.2 Å². The minimum atomic E-state index is -0.204. The maximum Gasteiger partial charge on any atom is 0.153 e. The van der Waals surface area contributed by atoms with E-state index in [9.17, 15) is 5.11 Å². The van der Waals surface area contributed by atoms with Gasteiger partial charge in [-0.1, -0.05) is 41.9 Å². The Bertz CT molecular complexity index is 903. The van der Waals surface area contributed by atoms with Crippen molar-refractivity contribution in [2.45, 2.75) is 56.2 Å². The number of aromatic nitrogens is 3. The van der Waals surface area contributed by atoms with Crippen molar-refractivity contribution in [3.05, 3.63) is 27.6 Å². The molecular formula is C19H26Cl2N6OS. The van der Waals surface area contributed by atoms with E-state index in [1.54, 1.807) is 6.07 Å². The molecule has 5 N–H and O–H groups in total. The van der Waals surface area contributed by atoms with Crippen LogP contribution in [0.1, 0.15) is 38.1 Å². The van der Waals surface area contributed by atoms with E-state index in [0.717, 1.165) is 37.4 Å². The van der Waals surface area contributed by atoms with Gasteiger partial charge >= 0.3 is 0 Å². The zero-order chi connectivity index (χ0) is 21.3. The number of aryl methyl sites for hydroxylation is 1. The molecular weight excluding hydrogens is 431 g/mol. The normalized spacial score (nSPS) is 17.4. The summed E-state index contributed by atoms with van der Waals surface area (Å²) in [5.41, 5.74) is 13.3. The first-order valence-electron chi connectivity index (χ1n) is 9.43. The predicted octanol–water partition coefficient (Wildman–Crippen LogP) is 3.67. The number of aliphatic hydroxyl groups excluding tert-OH is 1. The second kappa shape index (κ2) is 8.81. The molecule has 158 valence electrons. The Hall–Kier alpha value is -1.32. The van der Waals surface area contributed by atoms with Gasteiger partial charge in [0.25, 0.3) is 0 Å². The summed E-state index contributed by atoms with van der Waals surface area (Å²) >= 11 is 13.6. The molecule has 0 saturated carbocycles. The van der Waals surface area contributed by atoms with Crippen molar-refractivity contribution in [1.29, 1.82) is 0 Å². The smallest absolute Gasteiger partial charge is 0.153 e. The quantitative estimate of drug-likeness (QED) is 0.583. The number of anilines is 2. The Balaban J connectivity index is 1.87. The predicted molar refractivity (Wildman–Crippen MR) is 119 cm³/mol. The van der Waals surface area contributed by atoms with E-state index in [-0.39, 0.29) is 29.0 Å². The molecule has 3 rings (SSSR count). The first-order valence-corrected chi connectivity index (χ1v) is 11.0. The van der Waals surface area contributed by atoms with Crippen molar-refractivity contribution < 1.29 is 5.11 Å². The van der Waals surface area contributed by atoms with E-state index in [0.29, 0.717) is 20.6 Å². The van der Waals surface area contributed by atoms with E-state index < -0.39 is 0 Å². The number of piperidine rings is 1. The summed E-state index contributed by atoms with van der Waals surface area (Å²) in [7, 11) is 0. The van der Waals surface area contributed by atoms with Crippen molar-refractivity contribution in [2.75, 3.05) is 23.7 Å². The Morgan fingerprint density at radius 3 is 2.52 bits per heavy atom. The zero-order valence-electron chi connectivity index (χ0n) is 16.7. The molecule has 1 fully saturated rings. The molecule has 2 aromatic heterocycles. The van der Waals surface area contributed by atoms with Crippen molar-refractivity contribution >= 4 is 46.6 Å². The van der Waals surface area contributed by atoms with Crippen LogP contribution in [-0.4, -0.2) is 39.2 Å². The van der Waals surface area contributed by atoms with Crippen LogP contribution in [0.3, 0.4) is 0 Å². The van der Waals surface area contributed by atoms with Crippen molar-refractivity contribution in [3.8, 4) is 0 Å². The highest BCUT2D eigenvalue weighted by Gasteiger charge is 2.34. The number of halogens is 2. The van der Waals surface area contributed by atoms with E-state index in [2.05, 4.69) is 28.7 Å². The number of pyridine rings is 1. The van der Waals surface area contributed by atoms with Crippen LogP contribution >= 0.6 is 35.0 Å². The van der Waals surface area contributed by atoms with Crippen molar-refractivity contribution in [2.24, 2.45) is 11.1 Å². The standard InChI is InChI=1S/C19H26Cl2N6OS/c1-10-18(29-13-8-14(23)26-16(21)15(13)20)25-12(9-28)17(24-10)27-6-4-19(3,5-7-27)11(2)22/h8,11,28H,4-7,9,22H2,1-3H3,(H2,23,26). The van der Waals surface area contributed by atoms with Gasteiger partial charge in [-0.15, -0.1) is 0 Å². The molecule has 1 aliphatic rings. The number of rotatable bonds is 5. The number of hydrogen-bond donors (Lipinski definition) is 3. The van der Waals surface area contributed by atoms with Gasteiger partial charge in [0.15, 0.2) is 11.0 Å². The average Bonchev–Trinajstić information content (AvgIpc) is 2.67. The molecule has 7 nitrogen and oxygen atoms in total. The molecule has 0 amide bonds. The summed E-state index contributed by atoms with van der Waals surface area (Å²) in [5.74, 6) is 0.997. The molecule has 29 heavy (non-hydrogen) atoms. The molecule has 1 atom stereocenters. The highest BCUT2D eigenvalue weighted by atomic mass is 35.5. The largest absolute Gasteiger partial charge is 0.390 e. The van der Waals surface area contributed by atoms with Crippen molar-refractivity contribution in [1.82, 2.24) is 15.0 Å². The summed E-state index contributed by atoms with van der Waals surface area (Å²) in [6.07, 6.45) is 1.94. The fourth-order valence-electron chi connectivity index (χ4n) is 3.34. The van der Waals surface area contributed by atoms with Crippen molar-refractivity contribution in [3.63, 3.8) is 0 Å². The Kier molecular flexibility index (Phi) is 6.80. The SMILES string of the molecule is Cc1nc(N2CCC(C)(C(C)N)CC2)c(CO)nc1Sc1cc(N)nc(Cl)c1Cl. The Labute approximate surface area is 185 Å². The van der Waals surface area contributed by atoms with Gasteiger partial charge in [0, 0.05) is 24.0 Å². The van der Waals surface area contributed by atoms with Gasteiger partial charge in [-0.25, -0.2) is 15.0 Å². The van der Waals surface area contributed by atoms with E-state index in [4.69, 9.17) is 39.7 Å². The highest BCUT2D eigenvalue weighted by molar-refractivity contribution is 7.99. The van der Waals surface area contributed by atoms with E-state index in [1.807, 2.05) is 6.92 Å². The lowest BCUT2D eigenvalue weighted by atomic mass is 9.75. The fourth-order valence-corrected chi connectivity index (χ4v) is 4.73. The minimum absolute atomic E-state index is 0.117. The molecule has 0 bridgehead atoms. The van der Waals surface area contributed by atoms with Crippen LogP contribution in [0.4, 0.5) is 11.6 Å². The van der Waals surface area contributed by atoms with Gasteiger partial charge in [-0.2, -0.15) is 0 Å². The number of aliphatic hydroxyl groups is 1. The lowest BCUT2D eigenvalue weighted by Gasteiger charge is -2.42. The second-order valence-electron chi connectivity index (χ2n) is 7.72. The minimum Gasteiger partial charge on any atom is -0.390 e. The Morgan fingerprint density at radius 2 is 1.93 bits per heavy atom. The van der Waals surface area contributed by atoms with Crippen LogP contribution in [0.25, 0.3) is 0 Å². The van der Waals surface area contributed by atoms with E-state index in [1.165, 1.54) is 11.8 Å². The number of nitrogens with zero attached hydrogens (tertiary/aromatic N) is 4. The number of hydrogen-bond acceptors (Lipinski definition) is 8. The molecule has 3 heterocycles. The monoisotopic (exact) mass is 456 g/mol. The summed E-state index contributed by atoms with van der Waals surface area (Å²) < 4.78 is 0. The second-order valence-corrected chi connectivity index (χ2v) is 9.49. The zero-order valence-corrected chi connectivity index (χ0v) is 19.1. The molecule has 0 aliphatic carbocycles. The first-order chi connectivity index (χ1) is 13.6.